The Bertz CT molecular complexity index is 569. The normalized spacial score (nSPS) is 11.0. The quantitative estimate of drug-likeness (QED) is 0.234. The van der Waals surface area contributed by atoms with Gasteiger partial charge in [0, 0.05) is 11.5 Å². The number of hydrogen-bond acceptors (Lipinski definition) is 10. The van der Waals surface area contributed by atoms with Gasteiger partial charge in [-0.15, -0.1) is 94.1 Å². The van der Waals surface area contributed by atoms with Gasteiger partial charge >= 0.3 is 0 Å². The van der Waals surface area contributed by atoms with E-state index in [0.717, 1.165) is 26.2 Å². The lowest BCUT2D eigenvalue weighted by atomic mass is 11.0. The first-order valence-corrected chi connectivity index (χ1v) is 11.4. The van der Waals surface area contributed by atoms with Crippen molar-refractivity contribution in [3.63, 3.8) is 0 Å². The fourth-order valence-corrected chi connectivity index (χ4v) is 10.7. The summed E-state index contributed by atoms with van der Waals surface area (Å²) in [7, 11) is 0. The molecule has 2 rings (SSSR count). The van der Waals surface area contributed by atoms with Gasteiger partial charge in [-0.1, -0.05) is 24.4 Å². The maximum atomic E-state index is 5.15. The molecule has 0 spiro atoms. The molecule has 0 unspecified atom stereocenters. The average Bonchev–Trinajstić information content (AvgIpc) is 2.77. The van der Waals surface area contributed by atoms with Gasteiger partial charge in [-0.25, -0.2) is 0 Å². The second kappa shape index (κ2) is 7.81. The Labute approximate surface area is 151 Å². The molecule has 0 saturated heterocycles. The van der Waals surface area contributed by atoms with Crippen molar-refractivity contribution in [1.82, 2.24) is 0 Å². The molecule has 0 N–H and O–H groups in total. The van der Waals surface area contributed by atoms with Crippen LogP contribution < -0.4 is 0 Å². The Hall–Kier alpha value is 1.94. The van der Waals surface area contributed by atoms with Crippen LogP contribution in [-0.2, 0) is 0 Å². The second-order valence-electron chi connectivity index (χ2n) is 2.79. The van der Waals surface area contributed by atoms with Gasteiger partial charge in [0.1, 0.15) is 6.28 Å². The molecule has 98 valence electrons. The second-order valence-corrected chi connectivity index (χ2v) is 13.5. The summed E-state index contributed by atoms with van der Waals surface area (Å²) in [4.78, 5) is 0. The van der Waals surface area contributed by atoms with Crippen molar-refractivity contribution in [2.75, 3.05) is 11.5 Å². The minimum absolute atomic E-state index is 0.948. The molecule has 0 bridgehead atoms. The molecule has 0 aliphatic heterocycles. The first-order valence-electron chi connectivity index (χ1n) is 4.47. The lowest BCUT2D eigenvalue weighted by Crippen LogP contribution is -1.81. The Kier molecular flexibility index (Phi) is 7.08. The number of thioether (sulfide) groups is 2. The zero-order chi connectivity index (χ0) is 13.1. The number of rotatable bonds is 5. The highest BCUT2D eigenvalue weighted by molar-refractivity contribution is 8.05. The van der Waals surface area contributed by atoms with Crippen molar-refractivity contribution in [1.29, 1.82) is 0 Å². The molecular weight excluding hydrogens is 417 g/mol. The molecule has 2 aromatic heterocycles. The van der Waals surface area contributed by atoms with Gasteiger partial charge in [-0.05, 0) is 0 Å². The maximum absolute atomic E-state index is 5.15. The van der Waals surface area contributed by atoms with Gasteiger partial charge < -0.3 is 0 Å². The van der Waals surface area contributed by atoms with E-state index in [1.807, 2.05) is 23.5 Å². The summed E-state index contributed by atoms with van der Waals surface area (Å²) in [5.41, 5.74) is 0. The molecule has 0 aliphatic rings. The lowest BCUT2D eigenvalue weighted by Gasteiger charge is -1.99. The molecule has 0 atom stereocenters. The van der Waals surface area contributed by atoms with Crippen LogP contribution in [0, 0.1) is 6.28 Å². The van der Waals surface area contributed by atoms with Crippen LogP contribution in [-0.4, -0.2) is 11.5 Å². The first kappa shape index (κ1) is 16.3. The van der Waals surface area contributed by atoms with Crippen molar-refractivity contribution in [2.24, 2.45) is 0 Å². The van der Waals surface area contributed by atoms with Gasteiger partial charge in [-0.2, -0.15) is 0 Å². The third-order valence-electron chi connectivity index (χ3n) is 1.61. The van der Waals surface area contributed by atoms with Crippen LogP contribution in [0.3, 0.4) is 0 Å². The largest absolute Gasteiger partial charge is 0.145 e. The molecule has 0 nitrogen and oxygen atoms in total. The molecule has 0 aliphatic carbocycles. The van der Waals surface area contributed by atoms with Crippen molar-refractivity contribution in [2.45, 2.75) is 16.8 Å². The summed E-state index contributed by atoms with van der Waals surface area (Å²) < 4.78 is 6.45. The minimum Gasteiger partial charge on any atom is -0.131 e. The van der Waals surface area contributed by atoms with Crippen LogP contribution in [0.5, 0.6) is 0 Å². The molecule has 0 fully saturated rings. The van der Waals surface area contributed by atoms with Crippen LogP contribution in [0.1, 0.15) is 0 Å². The van der Waals surface area contributed by atoms with Crippen LogP contribution in [0.25, 0.3) is 0 Å². The smallest absolute Gasteiger partial charge is 0.131 e. The summed E-state index contributed by atoms with van der Waals surface area (Å²) in [5.74, 6) is 2.09. The van der Waals surface area contributed by atoms with E-state index < -0.39 is 0 Å². The van der Waals surface area contributed by atoms with Crippen LogP contribution in [0.2, 0.25) is 0 Å². The third kappa shape index (κ3) is 4.74. The monoisotopic (exact) mass is 422 g/mol. The molecular formula is C8H6S10. The summed E-state index contributed by atoms with van der Waals surface area (Å²) >= 11 is 29.2. The molecule has 18 heavy (non-hydrogen) atoms. The molecule has 0 radical (unpaired) electrons. The van der Waals surface area contributed by atoms with E-state index in [4.69, 9.17) is 24.4 Å². The van der Waals surface area contributed by atoms with Gasteiger partial charge in [0.25, 0.3) is 0 Å². The molecule has 0 amide bonds. The van der Waals surface area contributed by atoms with E-state index in [0.29, 0.717) is 0 Å². The van der Waals surface area contributed by atoms with Crippen molar-refractivity contribution >= 4 is 119 Å². The number of hydrogen-bond donors (Lipinski definition) is 2. The zero-order valence-corrected chi connectivity index (χ0v) is 16.9. The van der Waals surface area contributed by atoms with E-state index in [1.54, 1.807) is 45.3 Å². The third-order valence-corrected chi connectivity index (χ3v) is 11.2. The first-order chi connectivity index (χ1) is 8.56. The Morgan fingerprint density at radius 1 is 0.778 bits per heavy atom. The Morgan fingerprint density at radius 2 is 1.17 bits per heavy atom. The van der Waals surface area contributed by atoms with Crippen LogP contribution in [0.15, 0.2) is 16.8 Å². The van der Waals surface area contributed by atoms with E-state index in [9.17, 15) is 0 Å². The molecule has 2 heterocycles. The molecule has 2 aromatic rings. The highest BCUT2D eigenvalue weighted by Gasteiger charge is 2.07. The maximum Gasteiger partial charge on any atom is 0.145 e. The van der Waals surface area contributed by atoms with E-state index in [-0.39, 0.29) is 0 Å². The van der Waals surface area contributed by atoms with Gasteiger partial charge in [0.05, 0.1) is 16.8 Å². The average molecular weight is 423 g/mol. The van der Waals surface area contributed by atoms with Crippen molar-refractivity contribution in [3.05, 3.63) is 6.28 Å². The summed E-state index contributed by atoms with van der Waals surface area (Å²) in [6.45, 7) is 0. The standard InChI is InChI=1S/C8H6S10/c9-3-5(17-7(11)15-3)13-1-2-14-6-4(10)16-8(12)18-6/h9-10H,1-2H2. The van der Waals surface area contributed by atoms with Crippen LogP contribution >= 0.6 is 119 Å². The predicted octanol–water partition coefficient (Wildman–Crippen LogP) is 6.85. The van der Waals surface area contributed by atoms with Crippen LogP contribution in [0.4, 0.5) is 0 Å². The Balaban J connectivity index is 1.83. The predicted molar refractivity (Wildman–Crippen MR) is 102 cm³/mol. The van der Waals surface area contributed by atoms with Crippen molar-refractivity contribution in [3.8, 4) is 0 Å². The fourth-order valence-electron chi connectivity index (χ4n) is 0.973. The minimum atomic E-state index is 0.948. The summed E-state index contributed by atoms with van der Waals surface area (Å²) in [6.07, 6.45) is 0. The highest BCUT2D eigenvalue weighted by Crippen LogP contribution is 2.39. The fraction of sp³-hybridized carbons (Fsp3) is 0.250. The van der Waals surface area contributed by atoms with Crippen molar-refractivity contribution < 1.29 is 0 Å². The topological polar surface area (TPSA) is 0 Å². The molecule has 0 saturated carbocycles. The van der Waals surface area contributed by atoms with E-state index >= 15 is 0 Å². The van der Waals surface area contributed by atoms with Gasteiger partial charge in [0.2, 0.25) is 0 Å². The van der Waals surface area contributed by atoms with Gasteiger partial charge in [0.15, 0.2) is 0 Å². The van der Waals surface area contributed by atoms with E-state index in [1.165, 1.54) is 8.42 Å². The SMILES string of the molecule is S=c1sc(S)c(SCCSc2sc(=S)sc2S)s1. The summed E-state index contributed by atoms with van der Waals surface area (Å²) in [6, 6.07) is 0. The number of thiol groups is 2. The summed E-state index contributed by atoms with van der Waals surface area (Å²) in [5, 5.41) is 0. The van der Waals surface area contributed by atoms with Gasteiger partial charge in [-0.3, -0.25) is 0 Å². The Morgan fingerprint density at radius 3 is 1.44 bits per heavy atom. The highest BCUT2D eigenvalue weighted by atomic mass is 32.2. The molecule has 0 aromatic carbocycles. The molecule has 10 heteroatoms. The lowest BCUT2D eigenvalue weighted by molar-refractivity contribution is 1.46. The zero-order valence-electron chi connectivity index (χ0n) is 8.57. The van der Waals surface area contributed by atoms with E-state index in [2.05, 4.69) is 25.3 Å².